The molecule has 13 heavy (non-hydrogen) atoms. The molecule has 2 aliphatic heterocycles. The Labute approximate surface area is 82.8 Å². The quantitative estimate of drug-likeness (QED) is 0.432. The standard InChI is InChI=1S/C9H11ClN3/c1-5-7-4-11-12-9(10)8(7)6(2)13(5)3/h5-6H,1-3H3/q+1. The molecule has 0 aliphatic carbocycles. The first-order valence-electron chi connectivity index (χ1n) is 4.28. The predicted octanol–water partition coefficient (Wildman–Crippen LogP) is 2.31. The van der Waals surface area contributed by atoms with Crippen LogP contribution in [0.15, 0.2) is 26.5 Å². The van der Waals surface area contributed by atoms with Gasteiger partial charge in [0.2, 0.25) is 16.9 Å². The van der Waals surface area contributed by atoms with Crippen LogP contribution < -0.4 is 0 Å². The van der Waals surface area contributed by atoms with Crippen LogP contribution >= 0.6 is 11.6 Å². The van der Waals surface area contributed by atoms with Crippen molar-refractivity contribution in [2.75, 3.05) is 7.05 Å². The van der Waals surface area contributed by atoms with Gasteiger partial charge in [-0.15, -0.1) is 0 Å². The number of nitrogens with zero attached hydrogens (tertiary/aromatic N) is 3. The summed E-state index contributed by atoms with van der Waals surface area (Å²) in [4.78, 5) is 2.23. The highest BCUT2D eigenvalue weighted by Crippen LogP contribution is 2.38. The van der Waals surface area contributed by atoms with E-state index >= 15 is 0 Å². The normalized spacial score (nSPS) is 33.1. The molecule has 0 bridgehead atoms. The van der Waals surface area contributed by atoms with Crippen molar-refractivity contribution < 1.29 is 0 Å². The lowest BCUT2D eigenvalue weighted by Gasteiger charge is -2.14. The second-order valence-corrected chi connectivity index (χ2v) is 3.81. The van der Waals surface area contributed by atoms with E-state index in [9.17, 15) is 0 Å². The van der Waals surface area contributed by atoms with Gasteiger partial charge in [-0.25, -0.2) is 0 Å². The van der Waals surface area contributed by atoms with Crippen LogP contribution in [0.2, 0.25) is 0 Å². The maximum absolute atomic E-state index is 5.97. The SMILES string of the molecule is CC1C2=[C+]N=NC(Cl)=C2C(C)N1C. The highest BCUT2D eigenvalue weighted by Gasteiger charge is 2.46. The molecule has 0 saturated carbocycles. The summed E-state index contributed by atoms with van der Waals surface area (Å²) in [5, 5.41) is 8.06. The van der Waals surface area contributed by atoms with Gasteiger partial charge in [-0.2, -0.15) is 0 Å². The Morgan fingerprint density at radius 3 is 2.69 bits per heavy atom. The minimum absolute atomic E-state index is 0.309. The summed E-state index contributed by atoms with van der Waals surface area (Å²) in [6, 6.07) is 0.641. The topological polar surface area (TPSA) is 28.0 Å². The van der Waals surface area contributed by atoms with Gasteiger partial charge in [-0.3, -0.25) is 4.90 Å². The van der Waals surface area contributed by atoms with Crippen molar-refractivity contribution >= 4 is 11.6 Å². The van der Waals surface area contributed by atoms with Crippen molar-refractivity contribution in [2.24, 2.45) is 10.2 Å². The summed E-state index contributed by atoms with van der Waals surface area (Å²) in [6.45, 7) is 4.24. The summed E-state index contributed by atoms with van der Waals surface area (Å²) in [7, 11) is 2.07. The van der Waals surface area contributed by atoms with Crippen LogP contribution in [0.4, 0.5) is 0 Å². The second-order valence-electron chi connectivity index (χ2n) is 3.45. The van der Waals surface area contributed by atoms with E-state index in [-0.39, 0.29) is 0 Å². The molecule has 0 amide bonds. The van der Waals surface area contributed by atoms with Crippen molar-refractivity contribution in [1.82, 2.24) is 4.90 Å². The molecular weight excluding hydrogens is 186 g/mol. The maximum Gasteiger partial charge on any atom is 0.246 e. The van der Waals surface area contributed by atoms with Gasteiger partial charge in [0.05, 0.1) is 6.04 Å². The molecule has 0 radical (unpaired) electrons. The maximum atomic E-state index is 5.97. The van der Waals surface area contributed by atoms with Gasteiger partial charge in [0, 0.05) is 5.11 Å². The Hall–Kier alpha value is -0.760. The first-order valence-corrected chi connectivity index (χ1v) is 4.66. The van der Waals surface area contributed by atoms with Gasteiger partial charge in [-0.1, -0.05) is 5.11 Å². The van der Waals surface area contributed by atoms with Crippen LogP contribution in [0.25, 0.3) is 0 Å². The fourth-order valence-electron chi connectivity index (χ4n) is 1.81. The Kier molecular flexibility index (Phi) is 1.95. The van der Waals surface area contributed by atoms with Crippen molar-refractivity contribution in [3.8, 4) is 0 Å². The Morgan fingerprint density at radius 2 is 2.08 bits per heavy atom. The molecular formula is C9H11ClN3+. The minimum atomic E-state index is 0.309. The molecule has 0 N–H and O–H groups in total. The largest absolute Gasteiger partial charge is 0.272 e. The summed E-state index contributed by atoms with van der Waals surface area (Å²) < 4.78 is 0. The van der Waals surface area contributed by atoms with Gasteiger partial charge >= 0.3 is 0 Å². The van der Waals surface area contributed by atoms with E-state index in [2.05, 4.69) is 42.2 Å². The number of hydrogen-bond donors (Lipinski definition) is 0. The molecule has 4 heteroatoms. The van der Waals surface area contributed by atoms with Crippen LogP contribution in [-0.2, 0) is 0 Å². The zero-order valence-electron chi connectivity index (χ0n) is 7.87. The Morgan fingerprint density at radius 1 is 1.38 bits per heavy atom. The first-order chi connectivity index (χ1) is 6.13. The van der Waals surface area contributed by atoms with Crippen molar-refractivity contribution in [1.29, 1.82) is 0 Å². The van der Waals surface area contributed by atoms with Gasteiger partial charge in [-0.05, 0) is 32.5 Å². The summed E-state index contributed by atoms with van der Waals surface area (Å²) >= 11 is 5.97. The third-order valence-electron chi connectivity index (χ3n) is 2.88. The fraction of sp³-hybridized carbons (Fsp3) is 0.556. The monoisotopic (exact) mass is 196 g/mol. The fourth-order valence-corrected chi connectivity index (χ4v) is 2.10. The van der Waals surface area contributed by atoms with Crippen LogP contribution in [0.5, 0.6) is 0 Å². The number of fused-ring (bicyclic) bond motifs is 1. The molecule has 2 atom stereocenters. The van der Waals surface area contributed by atoms with E-state index in [0.29, 0.717) is 17.2 Å². The molecule has 2 aliphatic rings. The smallest absolute Gasteiger partial charge is 0.246 e. The van der Waals surface area contributed by atoms with Crippen LogP contribution in [-0.4, -0.2) is 24.0 Å². The molecule has 2 rings (SSSR count). The molecule has 2 unspecified atom stereocenters. The summed E-state index contributed by atoms with van der Waals surface area (Å²) in [6.07, 6.45) is 2.91. The molecule has 68 valence electrons. The molecule has 1 saturated heterocycles. The Balaban J connectivity index is 2.53. The minimum Gasteiger partial charge on any atom is -0.272 e. The molecule has 0 aromatic rings. The highest BCUT2D eigenvalue weighted by molar-refractivity contribution is 6.30. The zero-order chi connectivity index (χ0) is 9.59. The molecule has 0 aromatic carbocycles. The van der Waals surface area contributed by atoms with Gasteiger partial charge < -0.3 is 0 Å². The van der Waals surface area contributed by atoms with Gasteiger partial charge in [0.25, 0.3) is 0 Å². The lowest BCUT2D eigenvalue weighted by Crippen LogP contribution is -2.28. The highest BCUT2D eigenvalue weighted by atomic mass is 35.5. The van der Waals surface area contributed by atoms with E-state index in [1.807, 2.05) is 0 Å². The lowest BCUT2D eigenvalue weighted by atomic mass is 10.0. The van der Waals surface area contributed by atoms with E-state index in [0.717, 1.165) is 11.1 Å². The van der Waals surface area contributed by atoms with Crippen LogP contribution in [0.3, 0.4) is 0 Å². The van der Waals surface area contributed by atoms with Crippen molar-refractivity contribution in [3.05, 3.63) is 22.5 Å². The first kappa shape index (κ1) is 8.82. The van der Waals surface area contributed by atoms with E-state index in [1.165, 1.54) is 0 Å². The molecule has 1 fully saturated rings. The molecule has 0 aromatic heterocycles. The third-order valence-corrected chi connectivity index (χ3v) is 3.16. The molecule has 3 nitrogen and oxygen atoms in total. The van der Waals surface area contributed by atoms with Gasteiger partial charge in [0.15, 0.2) is 5.57 Å². The van der Waals surface area contributed by atoms with Crippen LogP contribution in [0.1, 0.15) is 13.8 Å². The van der Waals surface area contributed by atoms with E-state index in [1.54, 1.807) is 0 Å². The van der Waals surface area contributed by atoms with Crippen molar-refractivity contribution in [3.63, 3.8) is 0 Å². The summed E-state index contributed by atoms with van der Waals surface area (Å²) in [5.41, 5.74) is 2.15. The second kappa shape index (κ2) is 2.88. The van der Waals surface area contributed by atoms with Crippen LogP contribution in [0, 0.1) is 6.20 Å². The van der Waals surface area contributed by atoms with Gasteiger partial charge in [0.1, 0.15) is 6.04 Å². The average Bonchev–Trinajstić information content (AvgIpc) is 2.33. The Bertz CT molecular complexity index is 330. The van der Waals surface area contributed by atoms with E-state index < -0.39 is 0 Å². The third kappa shape index (κ3) is 1.12. The number of halogens is 1. The number of hydrogen-bond acceptors (Lipinski definition) is 3. The lowest BCUT2D eigenvalue weighted by molar-refractivity contribution is 0.288. The number of likely N-dealkylation sites (N-methyl/N-ethyl adjacent to an activating group) is 1. The van der Waals surface area contributed by atoms with Crippen molar-refractivity contribution in [2.45, 2.75) is 25.9 Å². The number of likely N-dealkylation sites (tertiary alicyclic amines) is 1. The summed E-state index contributed by atoms with van der Waals surface area (Å²) in [5.74, 6) is 0. The molecule has 0 spiro atoms. The average molecular weight is 197 g/mol. The molecule has 2 heterocycles. The number of azo groups is 1. The number of rotatable bonds is 0. The zero-order valence-corrected chi connectivity index (χ0v) is 8.63. The van der Waals surface area contributed by atoms with E-state index in [4.69, 9.17) is 11.6 Å². The predicted molar refractivity (Wildman–Crippen MR) is 51.2 cm³/mol.